The molecule has 0 saturated carbocycles. The molecule has 3 aliphatic rings. The summed E-state index contributed by atoms with van der Waals surface area (Å²) in [6.45, 7) is 13.6. The molecule has 0 aliphatic carbocycles. The first-order valence-electron chi connectivity index (χ1n) is 12.3. The van der Waals surface area contributed by atoms with Crippen molar-refractivity contribution in [2.45, 2.75) is 70.9 Å². The molecule has 0 aromatic heterocycles. The Bertz CT molecular complexity index is 1130. The number of ether oxygens (including phenoxy) is 3. The van der Waals surface area contributed by atoms with E-state index in [0.717, 1.165) is 30.1 Å². The SMILES string of the molecule is Cc1c(C2=NNC(c3ccc(OC(C)C)c(Cl)c3)S2)ccc2c1CCN(C1COC(C)(C)OC1)C2. The number of halogens is 1. The zero-order valence-corrected chi connectivity index (χ0v) is 22.6. The first-order valence-corrected chi connectivity index (χ1v) is 13.6. The maximum atomic E-state index is 6.47. The Morgan fingerprint density at radius 3 is 2.69 bits per heavy atom. The van der Waals surface area contributed by atoms with Gasteiger partial charge in [-0.1, -0.05) is 41.6 Å². The molecule has 188 valence electrons. The minimum atomic E-state index is -0.476. The summed E-state index contributed by atoms with van der Waals surface area (Å²) >= 11 is 8.20. The van der Waals surface area contributed by atoms with E-state index in [2.05, 4.69) is 40.5 Å². The summed E-state index contributed by atoms with van der Waals surface area (Å²) in [5.74, 6) is 0.237. The van der Waals surface area contributed by atoms with Crippen LogP contribution in [0.15, 0.2) is 35.4 Å². The van der Waals surface area contributed by atoms with Crippen molar-refractivity contribution in [3.63, 3.8) is 0 Å². The molecule has 2 aromatic carbocycles. The van der Waals surface area contributed by atoms with Crippen molar-refractivity contribution in [2.24, 2.45) is 5.10 Å². The highest BCUT2D eigenvalue weighted by Crippen LogP contribution is 2.39. The highest BCUT2D eigenvalue weighted by molar-refractivity contribution is 8.14. The van der Waals surface area contributed by atoms with Crippen molar-refractivity contribution in [3.8, 4) is 5.75 Å². The van der Waals surface area contributed by atoms with Gasteiger partial charge in [-0.3, -0.25) is 10.3 Å². The van der Waals surface area contributed by atoms with E-state index in [1.165, 1.54) is 22.3 Å². The number of hydrazone groups is 1. The second kappa shape index (κ2) is 9.94. The van der Waals surface area contributed by atoms with Gasteiger partial charge in [0.15, 0.2) is 5.79 Å². The molecule has 2 aromatic rings. The number of fused-ring (bicyclic) bond motifs is 1. The van der Waals surface area contributed by atoms with Crippen molar-refractivity contribution in [2.75, 3.05) is 19.8 Å². The molecular formula is C27H34ClN3O3S. The largest absolute Gasteiger partial charge is 0.489 e. The average Bonchev–Trinajstić information content (AvgIpc) is 3.30. The highest BCUT2D eigenvalue weighted by atomic mass is 35.5. The third-order valence-corrected chi connectivity index (χ3v) is 8.29. The number of rotatable bonds is 5. The molecule has 1 atom stereocenters. The molecule has 1 N–H and O–H groups in total. The molecule has 3 aliphatic heterocycles. The Hall–Kier alpha value is -1.77. The third kappa shape index (κ3) is 5.35. The quantitative estimate of drug-likeness (QED) is 0.556. The molecule has 0 amide bonds. The number of hydrogen-bond acceptors (Lipinski definition) is 7. The van der Waals surface area contributed by atoms with Crippen LogP contribution in [-0.2, 0) is 22.4 Å². The Kier molecular flexibility index (Phi) is 7.07. The Morgan fingerprint density at radius 1 is 1.20 bits per heavy atom. The van der Waals surface area contributed by atoms with Crippen molar-refractivity contribution in [1.29, 1.82) is 0 Å². The van der Waals surface area contributed by atoms with Gasteiger partial charge in [0.05, 0.1) is 30.4 Å². The maximum Gasteiger partial charge on any atom is 0.162 e. The number of nitrogens with zero attached hydrogens (tertiary/aromatic N) is 2. The van der Waals surface area contributed by atoms with Crippen LogP contribution in [0.5, 0.6) is 5.75 Å². The van der Waals surface area contributed by atoms with Gasteiger partial charge in [-0.15, -0.1) is 0 Å². The van der Waals surface area contributed by atoms with Crippen LogP contribution in [0.25, 0.3) is 0 Å². The predicted molar refractivity (Wildman–Crippen MR) is 142 cm³/mol. The van der Waals surface area contributed by atoms with E-state index in [-0.39, 0.29) is 11.5 Å². The van der Waals surface area contributed by atoms with Crippen LogP contribution in [0.4, 0.5) is 0 Å². The molecule has 1 fully saturated rings. The average molecular weight is 516 g/mol. The predicted octanol–water partition coefficient (Wildman–Crippen LogP) is 5.64. The topological polar surface area (TPSA) is 55.3 Å². The van der Waals surface area contributed by atoms with Crippen LogP contribution in [0.1, 0.15) is 60.9 Å². The van der Waals surface area contributed by atoms with Gasteiger partial charge in [-0.2, -0.15) is 5.10 Å². The van der Waals surface area contributed by atoms with Gasteiger partial charge in [-0.25, -0.2) is 0 Å². The van der Waals surface area contributed by atoms with E-state index >= 15 is 0 Å². The zero-order valence-electron chi connectivity index (χ0n) is 21.1. The summed E-state index contributed by atoms with van der Waals surface area (Å²) in [6.07, 6.45) is 1.11. The van der Waals surface area contributed by atoms with Gasteiger partial charge in [0.1, 0.15) is 16.2 Å². The zero-order chi connectivity index (χ0) is 24.7. The molecule has 3 heterocycles. The van der Waals surface area contributed by atoms with E-state index in [4.69, 9.17) is 25.8 Å². The van der Waals surface area contributed by atoms with E-state index in [1.54, 1.807) is 11.8 Å². The van der Waals surface area contributed by atoms with Crippen LogP contribution in [0.2, 0.25) is 5.02 Å². The molecule has 5 rings (SSSR count). The molecule has 35 heavy (non-hydrogen) atoms. The third-order valence-electron chi connectivity index (χ3n) is 6.85. The van der Waals surface area contributed by atoms with E-state index < -0.39 is 5.79 Å². The van der Waals surface area contributed by atoms with E-state index in [0.29, 0.717) is 30.0 Å². The number of benzene rings is 2. The van der Waals surface area contributed by atoms with Gasteiger partial charge < -0.3 is 14.2 Å². The monoisotopic (exact) mass is 515 g/mol. The second-order valence-corrected chi connectivity index (χ2v) is 11.7. The van der Waals surface area contributed by atoms with Crippen molar-refractivity contribution >= 4 is 28.4 Å². The molecule has 0 bridgehead atoms. The summed E-state index contributed by atoms with van der Waals surface area (Å²) in [6, 6.07) is 10.8. The Morgan fingerprint density at radius 2 is 1.97 bits per heavy atom. The van der Waals surface area contributed by atoms with Gasteiger partial charge in [0.2, 0.25) is 0 Å². The number of nitrogens with one attached hydrogen (secondary N) is 1. The number of thioether (sulfide) groups is 1. The van der Waals surface area contributed by atoms with Gasteiger partial charge in [0, 0.05) is 18.7 Å². The summed E-state index contributed by atoms with van der Waals surface area (Å²) in [5.41, 5.74) is 9.74. The minimum Gasteiger partial charge on any atom is -0.489 e. The summed E-state index contributed by atoms with van der Waals surface area (Å²) < 4.78 is 17.6. The van der Waals surface area contributed by atoms with Crippen LogP contribution in [0.3, 0.4) is 0 Å². The lowest BCUT2D eigenvalue weighted by atomic mass is 9.91. The van der Waals surface area contributed by atoms with Gasteiger partial charge in [-0.05, 0) is 75.4 Å². The molecular weight excluding hydrogens is 482 g/mol. The molecule has 1 unspecified atom stereocenters. The van der Waals surface area contributed by atoms with Crippen LogP contribution in [0, 0.1) is 6.92 Å². The lowest BCUT2D eigenvalue weighted by molar-refractivity contribution is -0.264. The van der Waals surface area contributed by atoms with Gasteiger partial charge >= 0.3 is 0 Å². The minimum absolute atomic E-state index is 0.0251. The highest BCUT2D eigenvalue weighted by Gasteiger charge is 2.34. The summed E-state index contributed by atoms with van der Waals surface area (Å²) in [4.78, 5) is 2.49. The molecule has 6 nitrogen and oxygen atoms in total. The lowest BCUT2D eigenvalue weighted by Crippen LogP contribution is -2.51. The van der Waals surface area contributed by atoms with E-state index in [1.807, 2.05) is 39.8 Å². The normalized spacial score (nSPS) is 22.6. The number of hydrogen-bond donors (Lipinski definition) is 1. The smallest absolute Gasteiger partial charge is 0.162 e. The first kappa shape index (κ1) is 24.9. The fourth-order valence-electron chi connectivity index (χ4n) is 4.88. The van der Waals surface area contributed by atoms with Crippen LogP contribution >= 0.6 is 23.4 Å². The van der Waals surface area contributed by atoms with E-state index in [9.17, 15) is 0 Å². The molecule has 1 saturated heterocycles. The van der Waals surface area contributed by atoms with Gasteiger partial charge in [0.25, 0.3) is 0 Å². The Labute approximate surface area is 217 Å². The van der Waals surface area contributed by atoms with Crippen LogP contribution in [-0.4, -0.2) is 47.6 Å². The fourth-order valence-corrected chi connectivity index (χ4v) is 6.18. The maximum absolute atomic E-state index is 6.47. The Balaban J connectivity index is 1.26. The summed E-state index contributed by atoms with van der Waals surface area (Å²) in [5, 5.41) is 6.36. The van der Waals surface area contributed by atoms with Crippen molar-refractivity contribution < 1.29 is 14.2 Å². The first-order chi connectivity index (χ1) is 16.7. The standard InChI is InChI=1S/C27H34ClN3O3S/c1-16(2)34-24-9-7-18(12-23(24)28)25-29-30-26(35-25)22-8-6-19-13-31(11-10-21(19)17(22)3)20-14-32-27(4,5)33-15-20/h6-9,12,16,20,25,29H,10-11,13-15H2,1-5H3. The molecule has 0 spiro atoms. The van der Waals surface area contributed by atoms with Crippen LogP contribution < -0.4 is 10.2 Å². The fraction of sp³-hybridized carbons (Fsp3) is 0.519. The van der Waals surface area contributed by atoms with Crippen molar-refractivity contribution in [1.82, 2.24) is 10.3 Å². The second-order valence-electron chi connectivity index (χ2n) is 10.2. The lowest BCUT2D eigenvalue weighted by Gasteiger charge is -2.42. The van der Waals surface area contributed by atoms with Crippen molar-refractivity contribution in [3.05, 3.63) is 63.2 Å². The molecule has 8 heteroatoms. The summed E-state index contributed by atoms with van der Waals surface area (Å²) in [7, 11) is 0. The molecule has 0 radical (unpaired) electrons.